The Bertz CT molecular complexity index is 790. The second-order valence-corrected chi connectivity index (χ2v) is 7.70. The largest absolute Gasteiger partial charge is 0.424 e. The highest BCUT2D eigenvalue weighted by Crippen LogP contribution is 2.42. The number of amides is 1. The Morgan fingerprint density at radius 2 is 1.89 bits per heavy atom. The molecule has 0 fully saturated rings. The summed E-state index contributed by atoms with van der Waals surface area (Å²) in [6, 6.07) is 7.91. The summed E-state index contributed by atoms with van der Waals surface area (Å²) < 4.78 is 40.2. The van der Waals surface area contributed by atoms with Crippen molar-refractivity contribution < 1.29 is 23.1 Å². The van der Waals surface area contributed by atoms with Crippen molar-refractivity contribution in [3.8, 4) is 0 Å². The summed E-state index contributed by atoms with van der Waals surface area (Å²) in [5.74, 6) is -0.865. The van der Waals surface area contributed by atoms with E-state index in [4.69, 9.17) is 0 Å². The lowest BCUT2D eigenvalue weighted by atomic mass is 9.99. The fourth-order valence-electron chi connectivity index (χ4n) is 2.62. The van der Waals surface area contributed by atoms with Gasteiger partial charge in [0, 0.05) is 37.4 Å². The molecule has 0 aliphatic rings. The van der Waals surface area contributed by atoms with Crippen molar-refractivity contribution in [3.63, 3.8) is 0 Å². The third-order valence-electron chi connectivity index (χ3n) is 4.28. The highest BCUT2D eigenvalue weighted by atomic mass is 32.1. The number of hydrogen-bond donors (Lipinski definition) is 2. The van der Waals surface area contributed by atoms with Gasteiger partial charge in [-0.25, -0.2) is 4.98 Å². The van der Waals surface area contributed by atoms with Crippen molar-refractivity contribution >= 4 is 22.9 Å². The van der Waals surface area contributed by atoms with Crippen LogP contribution in [-0.2, 0) is 16.8 Å². The standard InChI is InChI=1S/C19H24F3N3O2S/c1-13-12-28-17(24-13)18(27,19(20,21)22)11-16(26)23-10-4-5-14-6-8-15(9-7-14)25(2)3/h6-9,12,27H,4-5,10-11H2,1-3H3,(H,23,26). The Morgan fingerprint density at radius 1 is 1.25 bits per heavy atom. The van der Waals surface area contributed by atoms with Crippen LogP contribution in [0.3, 0.4) is 0 Å². The Hall–Kier alpha value is -2.13. The van der Waals surface area contributed by atoms with Crippen LogP contribution in [0.2, 0.25) is 0 Å². The highest BCUT2D eigenvalue weighted by Gasteiger charge is 2.58. The van der Waals surface area contributed by atoms with Crippen molar-refractivity contribution in [2.75, 3.05) is 25.5 Å². The van der Waals surface area contributed by atoms with E-state index in [1.54, 1.807) is 0 Å². The molecule has 0 spiro atoms. The quantitative estimate of drug-likeness (QED) is 0.649. The van der Waals surface area contributed by atoms with Gasteiger partial charge in [-0.05, 0) is 37.5 Å². The number of carbonyl (C=O) groups is 1. The zero-order valence-corrected chi connectivity index (χ0v) is 16.8. The Balaban J connectivity index is 1.88. The molecule has 2 N–H and O–H groups in total. The fraction of sp³-hybridized carbons (Fsp3) is 0.474. The van der Waals surface area contributed by atoms with E-state index < -0.39 is 29.1 Å². The maximum atomic E-state index is 13.4. The number of aliphatic hydroxyl groups is 1. The number of hydrogen-bond acceptors (Lipinski definition) is 5. The number of aromatic nitrogens is 1. The van der Waals surface area contributed by atoms with Gasteiger partial charge in [0.05, 0.1) is 6.42 Å². The SMILES string of the molecule is Cc1csc(C(O)(CC(=O)NCCCc2ccc(N(C)C)cc2)C(F)(F)F)n1. The van der Waals surface area contributed by atoms with Crippen LogP contribution in [0.1, 0.15) is 29.1 Å². The number of thiazole rings is 1. The van der Waals surface area contributed by atoms with Gasteiger partial charge in [0.25, 0.3) is 0 Å². The molecule has 154 valence electrons. The molecule has 9 heteroatoms. The van der Waals surface area contributed by atoms with Gasteiger partial charge in [0.15, 0.2) is 0 Å². The van der Waals surface area contributed by atoms with Crippen LogP contribution in [0.15, 0.2) is 29.6 Å². The van der Waals surface area contributed by atoms with Crippen LogP contribution in [0.25, 0.3) is 0 Å². The van der Waals surface area contributed by atoms with E-state index in [0.29, 0.717) is 29.9 Å². The fourth-order valence-corrected chi connectivity index (χ4v) is 3.53. The van der Waals surface area contributed by atoms with E-state index in [1.165, 1.54) is 12.3 Å². The minimum absolute atomic E-state index is 0.221. The molecule has 0 saturated heterocycles. The molecule has 2 aromatic rings. The Morgan fingerprint density at radius 3 is 2.39 bits per heavy atom. The molecule has 1 aromatic heterocycles. The molecular formula is C19H24F3N3O2S. The van der Waals surface area contributed by atoms with Gasteiger partial charge in [-0.3, -0.25) is 4.79 Å². The summed E-state index contributed by atoms with van der Waals surface area (Å²) in [5, 5.41) is 13.5. The smallest absolute Gasteiger partial charge is 0.378 e. The number of nitrogens with zero attached hydrogens (tertiary/aromatic N) is 2. The first-order valence-corrected chi connectivity index (χ1v) is 9.65. The number of nitrogens with one attached hydrogen (secondary N) is 1. The average Bonchev–Trinajstić information content (AvgIpc) is 3.05. The molecule has 5 nitrogen and oxygen atoms in total. The Labute approximate surface area is 166 Å². The van der Waals surface area contributed by atoms with Gasteiger partial charge < -0.3 is 15.3 Å². The van der Waals surface area contributed by atoms with Gasteiger partial charge in [0.2, 0.25) is 11.5 Å². The van der Waals surface area contributed by atoms with Crippen molar-refractivity contribution in [1.82, 2.24) is 10.3 Å². The highest BCUT2D eigenvalue weighted by molar-refractivity contribution is 7.09. The summed E-state index contributed by atoms with van der Waals surface area (Å²) in [7, 11) is 3.89. The summed E-state index contributed by atoms with van der Waals surface area (Å²) in [6.45, 7) is 1.75. The Kier molecular flexibility index (Phi) is 7.06. The van der Waals surface area contributed by atoms with E-state index in [9.17, 15) is 23.1 Å². The van der Waals surface area contributed by atoms with Gasteiger partial charge in [-0.1, -0.05) is 12.1 Å². The lowest BCUT2D eigenvalue weighted by Gasteiger charge is -2.27. The average molecular weight is 415 g/mol. The lowest BCUT2D eigenvalue weighted by molar-refractivity contribution is -0.267. The first-order chi connectivity index (χ1) is 13.0. The molecule has 0 bridgehead atoms. The predicted octanol–water partition coefficient (Wildman–Crippen LogP) is 3.41. The van der Waals surface area contributed by atoms with E-state index in [0.717, 1.165) is 11.3 Å². The minimum atomic E-state index is -5.00. The molecule has 2 rings (SSSR count). The number of halogens is 3. The number of aryl methyl sites for hydroxylation is 2. The summed E-state index contributed by atoms with van der Waals surface area (Å²) in [6.07, 6.45) is -4.85. The van der Waals surface area contributed by atoms with Crippen LogP contribution >= 0.6 is 11.3 Å². The number of rotatable bonds is 8. The molecule has 1 amide bonds. The molecule has 0 radical (unpaired) electrons. The topological polar surface area (TPSA) is 65.5 Å². The lowest BCUT2D eigenvalue weighted by Crippen LogP contribution is -2.46. The number of anilines is 1. The summed E-state index contributed by atoms with van der Waals surface area (Å²) in [4.78, 5) is 17.7. The van der Waals surface area contributed by atoms with Gasteiger partial charge in [0.1, 0.15) is 5.01 Å². The predicted molar refractivity (Wildman–Crippen MR) is 104 cm³/mol. The number of benzene rings is 1. The third-order valence-corrected chi connectivity index (χ3v) is 5.39. The zero-order chi connectivity index (χ0) is 20.9. The molecule has 1 unspecified atom stereocenters. The van der Waals surface area contributed by atoms with Crippen molar-refractivity contribution in [3.05, 3.63) is 45.9 Å². The van der Waals surface area contributed by atoms with E-state index in [-0.39, 0.29) is 6.54 Å². The van der Waals surface area contributed by atoms with Crippen LogP contribution in [0.5, 0.6) is 0 Å². The molecule has 1 aromatic carbocycles. The summed E-state index contributed by atoms with van der Waals surface area (Å²) in [5.41, 5.74) is -0.771. The van der Waals surface area contributed by atoms with Crippen molar-refractivity contribution in [1.29, 1.82) is 0 Å². The number of carbonyl (C=O) groups excluding carboxylic acids is 1. The van der Waals surface area contributed by atoms with Crippen molar-refractivity contribution in [2.24, 2.45) is 0 Å². The van der Waals surface area contributed by atoms with Gasteiger partial charge >= 0.3 is 6.18 Å². The maximum Gasteiger partial charge on any atom is 0.424 e. The first kappa shape index (κ1) is 22.2. The van der Waals surface area contributed by atoms with Crippen LogP contribution in [-0.4, -0.2) is 42.8 Å². The third kappa shape index (κ3) is 5.45. The molecule has 0 aliphatic heterocycles. The van der Waals surface area contributed by atoms with E-state index >= 15 is 0 Å². The molecule has 0 saturated carbocycles. The van der Waals surface area contributed by atoms with E-state index in [2.05, 4.69) is 10.3 Å². The zero-order valence-electron chi connectivity index (χ0n) is 16.0. The summed E-state index contributed by atoms with van der Waals surface area (Å²) >= 11 is 0.690. The normalized spacial score (nSPS) is 13.8. The molecule has 0 aliphatic carbocycles. The molecule has 28 heavy (non-hydrogen) atoms. The van der Waals surface area contributed by atoms with Crippen LogP contribution < -0.4 is 10.2 Å². The maximum absolute atomic E-state index is 13.4. The van der Waals surface area contributed by atoms with Gasteiger partial charge in [-0.15, -0.1) is 11.3 Å². The molecule has 1 heterocycles. The monoisotopic (exact) mass is 415 g/mol. The second kappa shape index (κ2) is 8.91. The second-order valence-electron chi connectivity index (χ2n) is 6.84. The molecular weight excluding hydrogens is 391 g/mol. The van der Waals surface area contributed by atoms with Crippen LogP contribution in [0.4, 0.5) is 18.9 Å². The van der Waals surface area contributed by atoms with E-state index in [1.807, 2.05) is 43.3 Å². The van der Waals surface area contributed by atoms with Gasteiger partial charge in [-0.2, -0.15) is 13.2 Å². The van der Waals surface area contributed by atoms with Crippen molar-refractivity contribution in [2.45, 2.75) is 38.0 Å². The number of alkyl halides is 3. The molecule has 1 atom stereocenters. The van der Waals surface area contributed by atoms with Crippen LogP contribution in [0, 0.1) is 6.92 Å². The minimum Gasteiger partial charge on any atom is -0.378 e. The first-order valence-electron chi connectivity index (χ1n) is 8.77.